The fraction of sp³-hybridized carbons (Fsp3) is 0.261. The van der Waals surface area contributed by atoms with Crippen molar-refractivity contribution >= 4 is 16.7 Å². The quantitative estimate of drug-likeness (QED) is 0.530. The molecule has 0 saturated carbocycles. The van der Waals surface area contributed by atoms with Crippen molar-refractivity contribution in [3.05, 3.63) is 82.3 Å². The predicted octanol–water partition coefficient (Wildman–Crippen LogP) is 3.48. The molecule has 0 bridgehead atoms. The second kappa shape index (κ2) is 7.20. The van der Waals surface area contributed by atoms with E-state index in [0.29, 0.717) is 16.7 Å². The van der Waals surface area contributed by atoms with Crippen LogP contribution in [0.2, 0.25) is 0 Å². The van der Waals surface area contributed by atoms with Gasteiger partial charge in [-0.25, -0.2) is 9.67 Å². The maximum atomic E-state index is 13.5. The van der Waals surface area contributed by atoms with Crippen LogP contribution in [0.3, 0.4) is 0 Å². The normalized spacial score (nSPS) is 14.7. The average molecular weight is 385 g/mol. The van der Waals surface area contributed by atoms with Gasteiger partial charge in [0, 0.05) is 19.3 Å². The topological polar surface area (TPSA) is 57.1 Å². The van der Waals surface area contributed by atoms with Crippen LogP contribution in [0.25, 0.3) is 16.7 Å². The average Bonchev–Trinajstić information content (AvgIpc) is 2.91. The van der Waals surface area contributed by atoms with Gasteiger partial charge in [0.1, 0.15) is 5.39 Å². The first-order valence-electron chi connectivity index (χ1n) is 10.1. The molecule has 0 amide bonds. The second-order valence-corrected chi connectivity index (χ2v) is 7.44. The van der Waals surface area contributed by atoms with Crippen LogP contribution in [0.1, 0.15) is 25.0 Å². The molecule has 0 spiro atoms. The number of rotatable bonds is 2. The lowest BCUT2D eigenvalue weighted by molar-refractivity contribution is 0.597. The van der Waals surface area contributed by atoms with Crippen molar-refractivity contribution in [1.29, 1.82) is 0 Å². The van der Waals surface area contributed by atoms with E-state index in [-0.39, 0.29) is 5.56 Å². The Hall–Kier alpha value is -3.41. The number of aryl methyl sites for hydroxylation is 2. The first-order chi connectivity index (χ1) is 14.2. The van der Waals surface area contributed by atoms with Gasteiger partial charge in [-0.05, 0) is 43.5 Å². The fourth-order valence-electron chi connectivity index (χ4n) is 4.18. The van der Waals surface area contributed by atoms with Crippen molar-refractivity contribution in [1.82, 2.24) is 18.9 Å². The maximum Gasteiger partial charge on any atom is 0.282 e. The smallest absolute Gasteiger partial charge is 0.282 e. The lowest BCUT2D eigenvalue weighted by Crippen LogP contribution is -2.28. The van der Waals surface area contributed by atoms with E-state index >= 15 is 0 Å². The molecule has 0 fully saturated rings. The van der Waals surface area contributed by atoms with Gasteiger partial charge in [0.25, 0.3) is 5.56 Å². The number of nitrogens with zero attached hydrogens (tertiary/aromatic N) is 5. The van der Waals surface area contributed by atoms with E-state index in [0.717, 1.165) is 49.3 Å². The summed E-state index contributed by atoms with van der Waals surface area (Å²) in [4.78, 5) is 23.2. The van der Waals surface area contributed by atoms with E-state index in [9.17, 15) is 4.79 Å². The monoisotopic (exact) mass is 385 g/mol. The van der Waals surface area contributed by atoms with Gasteiger partial charge in [-0.2, -0.15) is 4.98 Å². The molecule has 1 aliphatic rings. The van der Waals surface area contributed by atoms with Crippen LogP contribution in [0, 0.1) is 0 Å². The number of aromatic nitrogens is 4. The summed E-state index contributed by atoms with van der Waals surface area (Å²) in [5, 5.41) is 0.713. The molecule has 146 valence electrons. The van der Waals surface area contributed by atoms with Crippen LogP contribution in [-0.2, 0) is 20.0 Å². The zero-order chi connectivity index (χ0) is 19.8. The van der Waals surface area contributed by atoms with Gasteiger partial charge in [0.2, 0.25) is 5.62 Å². The van der Waals surface area contributed by atoms with Gasteiger partial charge in [0.05, 0.1) is 11.4 Å². The highest BCUT2D eigenvalue weighted by atomic mass is 16.1. The van der Waals surface area contributed by atoms with Crippen LogP contribution in [0.5, 0.6) is 0 Å². The third-order valence-electron chi connectivity index (χ3n) is 5.58. The Morgan fingerprint density at radius 2 is 1.66 bits per heavy atom. The molecule has 2 aromatic carbocycles. The van der Waals surface area contributed by atoms with Gasteiger partial charge in [-0.15, -0.1) is 0 Å². The summed E-state index contributed by atoms with van der Waals surface area (Å²) >= 11 is 0. The summed E-state index contributed by atoms with van der Waals surface area (Å²) in [5.74, 6) is 0. The van der Waals surface area contributed by atoms with E-state index in [1.807, 2.05) is 72.4 Å². The minimum atomic E-state index is -0.0156. The van der Waals surface area contributed by atoms with E-state index in [1.165, 1.54) is 0 Å². The summed E-state index contributed by atoms with van der Waals surface area (Å²) in [6.45, 7) is 0.837. The van der Waals surface area contributed by atoms with Crippen LogP contribution >= 0.6 is 0 Å². The van der Waals surface area contributed by atoms with Crippen LogP contribution in [-0.4, -0.2) is 18.9 Å². The Balaban J connectivity index is 1.87. The Labute approximate surface area is 168 Å². The number of fused-ring (bicyclic) bond motifs is 3. The summed E-state index contributed by atoms with van der Waals surface area (Å²) in [6, 6.07) is 19.6. The number of para-hydroxylation sites is 2. The molecule has 0 N–H and O–H groups in total. The lowest BCUT2D eigenvalue weighted by Gasteiger charge is -2.11. The van der Waals surface area contributed by atoms with Crippen LogP contribution in [0.15, 0.2) is 70.5 Å². The fourth-order valence-corrected chi connectivity index (χ4v) is 4.18. The van der Waals surface area contributed by atoms with Crippen molar-refractivity contribution in [3.8, 4) is 5.69 Å². The summed E-state index contributed by atoms with van der Waals surface area (Å²) in [6.07, 6.45) is 4.16. The van der Waals surface area contributed by atoms with Gasteiger partial charge in [-0.3, -0.25) is 9.48 Å². The highest BCUT2D eigenvalue weighted by molar-refractivity contribution is 5.78. The molecule has 29 heavy (non-hydrogen) atoms. The standard InChI is InChI=1S/C23H23N5O/c1-26-21-20(22(29)28(26)18-13-7-3-8-14-18)19-15-9-4-10-16-27(19)23(25-21)24-17-11-5-2-6-12-17/h2-3,5-8,11-14H,4,9-10,15-16H2,1H3. The SMILES string of the molecule is Cn1c2nc(=Nc3ccccc3)n3c(c2c(=O)n1-c1ccccc1)CCCCC3. The molecule has 6 heteroatoms. The first kappa shape index (κ1) is 17.7. The molecular formula is C23H23N5O. The van der Waals surface area contributed by atoms with Gasteiger partial charge in [-0.1, -0.05) is 42.8 Å². The zero-order valence-corrected chi connectivity index (χ0v) is 16.5. The third-order valence-corrected chi connectivity index (χ3v) is 5.58. The van der Waals surface area contributed by atoms with Crippen LogP contribution < -0.4 is 11.2 Å². The Bertz CT molecular complexity index is 1300. The molecule has 0 atom stereocenters. The Morgan fingerprint density at radius 3 is 2.41 bits per heavy atom. The van der Waals surface area contributed by atoms with E-state index in [4.69, 9.17) is 9.98 Å². The third kappa shape index (κ3) is 3.01. The van der Waals surface area contributed by atoms with Crippen molar-refractivity contribution in [2.24, 2.45) is 12.0 Å². The molecule has 4 aromatic rings. The van der Waals surface area contributed by atoms with E-state index < -0.39 is 0 Å². The van der Waals surface area contributed by atoms with Gasteiger partial charge < -0.3 is 4.57 Å². The van der Waals surface area contributed by atoms with Crippen molar-refractivity contribution in [2.75, 3.05) is 0 Å². The minimum absolute atomic E-state index is 0.0156. The molecule has 0 unspecified atom stereocenters. The molecule has 3 heterocycles. The Kier molecular flexibility index (Phi) is 4.39. The lowest BCUT2D eigenvalue weighted by atomic mass is 10.1. The van der Waals surface area contributed by atoms with E-state index in [2.05, 4.69) is 4.57 Å². The molecule has 0 radical (unpaired) electrons. The van der Waals surface area contributed by atoms with Gasteiger partial charge >= 0.3 is 0 Å². The Morgan fingerprint density at radius 1 is 0.931 bits per heavy atom. The first-order valence-corrected chi connectivity index (χ1v) is 10.1. The predicted molar refractivity (Wildman–Crippen MR) is 114 cm³/mol. The molecule has 2 aromatic heterocycles. The summed E-state index contributed by atoms with van der Waals surface area (Å²) in [5.41, 5.74) is 4.09. The van der Waals surface area contributed by atoms with Gasteiger partial charge in [0.15, 0.2) is 5.65 Å². The number of hydrogen-bond donors (Lipinski definition) is 0. The summed E-state index contributed by atoms with van der Waals surface area (Å²) < 4.78 is 5.71. The van der Waals surface area contributed by atoms with Crippen molar-refractivity contribution < 1.29 is 0 Å². The highest BCUT2D eigenvalue weighted by Crippen LogP contribution is 2.20. The highest BCUT2D eigenvalue weighted by Gasteiger charge is 2.21. The van der Waals surface area contributed by atoms with Crippen molar-refractivity contribution in [2.45, 2.75) is 32.2 Å². The van der Waals surface area contributed by atoms with Crippen molar-refractivity contribution in [3.63, 3.8) is 0 Å². The number of benzene rings is 2. The van der Waals surface area contributed by atoms with Crippen LogP contribution in [0.4, 0.5) is 5.69 Å². The molecule has 0 saturated heterocycles. The summed E-state index contributed by atoms with van der Waals surface area (Å²) in [7, 11) is 1.89. The largest absolute Gasteiger partial charge is 0.313 e. The minimum Gasteiger partial charge on any atom is -0.313 e. The molecule has 6 nitrogen and oxygen atoms in total. The molecule has 0 aliphatic carbocycles. The maximum absolute atomic E-state index is 13.5. The van der Waals surface area contributed by atoms with E-state index in [1.54, 1.807) is 4.68 Å². The number of hydrogen-bond acceptors (Lipinski definition) is 3. The zero-order valence-electron chi connectivity index (χ0n) is 16.5. The second-order valence-electron chi connectivity index (χ2n) is 7.44. The molecular weight excluding hydrogens is 362 g/mol. The molecule has 5 rings (SSSR count). The molecule has 1 aliphatic heterocycles.